The van der Waals surface area contributed by atoms with E-state index in [9.17, 15) is 0 Å². The van der Waals surface area contributed by atoms with Gasteiger partial charge in [0.05, 0.1) is 9.75 Å². The van der Waals surface area contributed by atoms with Gasteiger partial charge in [0.15, 0.2) is 0 Å². The molecule has 7 rings (SSSR count). The van der Waals surface area contributed by atoms with E-state index < -0.39 is 0 Å². The van der Waals surface area contributed by atoms with E-state index in [1.54, 1.807) is 0 Å². The van der Waals surface area contributed by atoms with Gasteiger partial charge in [0.1, 0.15) is 22.7 Å². The Morgan fingerprint density at radius 1 is 0.400 bits per heavy atom. The highest BCUT2D eigenvalue weighted by molar-refractivity contribution is 7.14. The second kappa shape index (κ2) is 17.2. The third-order valence-corrected chi connectivity index (χ3v) is 12.6. The van der Waals surface area contributed by atoms with Crippen LogP contribution in [0.3, 0.4) is 0 Å². The fourth-order valence-electron chi connectivity index (χ4n) is 7.70. The summed E-state index contributed by atoms with van der Waals surface area (Å²) in [5.74, 6) is 1.96. The fourth-order valence-corrected chi connectivity index (χ4v) is 9.50. The van der Waals surface area contributed by atoms with Crippen LogP contribution >= 0.6 is 22.7 Å². The zero-order valence-electron chi connectivity index (χ0n) is 30.3. The molecule has 0 bridgehead atoms. The highest BCUT2D eigenvalue weighted by Gasteiger charge is 2.16. The van der Waals surface area contributed by atoms with Crippen molar-refractivity contribution in [2.75, 3.05) is 0 Å². The van der Waals surface area contributed by atoms with Gasteiger partial charge in [-0.1, -0.05) is 128 Å². The average Bonchev–Trinajstić information content (AvgIpc) is 3.96. The highest BCUT2D eigenvalue weighted by Crippen LogP contribution is 2.41. The van der Waals surface area contributed by atoms with Gasteiger partial charge in [0, 0.05) is 10.8 Å². The number of benzene rings is 3. The lowest BCUT2D eigenvalue weighted by atomic mass is 9.97. The van der Waals surface area contributed by atoms with Gasteiger partial charge in [0.2, 0.25) is 0 Å². The second-order valence-electron chi connectivity index (χ2n) is 14.5. The van der Waals surface area contributed by atoms with Crippen LogP contribution in [-0.4, -0.2) is 0 Å². The van der Waals surface area contributed by atoms with E-state index in [0.717, 1.165) is 35.5 Å². The summed E-state index contributed by atoms with van der Waals surface area (Å²) < 4.78 is 12.9. The Morgan fingerprint density at radius 3 is 1.18 bits per heavy atom. The summed E-state index contributed by atoms with van der Waals surface area (Å²) in [5.41, 5.74) is 4.80. The molecule has 4 heteroatoms. The minimum Gasteiger partial charge on any atom is -0.455 e. The molecule has 2 nitrogen and oxygen atoms in total. The van der Waals surface area contributed by atoms with E-state index in [1.165, 1.54) is 156 Å². The van der Waals surface area contributed by atoms with Crippen molar-refractivity contribution in [1.29, 1.82) is 0 Å². The lowest BCUT2D eigenvalue weighted by molar-refractivity contribution is 0.575. The quantitative estimate of drug-likeness (QED) is 0.0584. The summed E-state index contributed by atoms with van der Waals surface area (Å²) in [6.45, 7) is 4.58. The Bertz CT molecular complexity index is 1970. The zero-order chi connectivity index (χ0) is 34.1. The van der Waals surface area contributed by atoms with Gasteiger partial charge >= 0.3 is 0 Å². The molecule has 0 spiro atoms. The van der Waals surface area contributed by atoms with Crippen molar-refractivity contribution < 1.29 is 8.83 Å². The summed E-state index contributed by atoms with van der Waals surface area (Å²) in [6.07, 6.45) is 24.1. The van der Waals surface area contributed by atoms with Crippen molar-refractivity contribution in [3.05, 3.63) is 82.6 Å². The minimum atomic E-state index is 0.956. The molecule has 0 amide bonds. The maximum absolute atomic E-state index is 6.45. The molecule has 50 heavy (non-hydrogen) atoms. The van der Waals surface area contributed by atoms with E-state index in [2.05, 4.69) is 85.3 Å². The normalized spacial score (nSPS) is 12.0. The largest absolute Gasteiger partial charge is 0.455 e. The van der Waals surface area contributed by atoms with Gasteiger partial charge in [-0.25, -0.2) is 0 Å². The van der Waals surface area contributed by atoms with Crippen LogP contribution in [0.25, 0.3) is 64.8 Å². The van der Waals surface area contributed by atoms with Crippen LogP contribution in [0.4, 0.5) is 0 Å². The van der Waals surface area contributed by atoms with E-state index in [-0.39, 0.29) is 0 Å². The molecule has 262 valence electrons. The predicted octanol–water partition coefficient (Wildman–Crippen LogP) is 16.3. The van der Waals surface area contributed by atoms with Crippen LogP contribution < -0.4 is 0 Å². The van der Waals surface area contributed by atoms with Gasteiger partial charge < -0.3 is 8.83 Å². The SMILES string of the molecule is CCCCCCCCCCc1csc(-c2cc3c(ccc4c3ccc3c5cc(-c6cc(CCCCCCCCCC)cs6)oc5ccc34)o2)c1. The number of hydrogen-bond acceptors (Lipinski definition) is 4. The summed E-state index contributed by atoms with van der Waals surface area (Å²) >= 11 is 3.62. The van der Waals surface area contributed by atoms with E-state index in [1.807, 2.05) is 22.7 Å². The molecular weight excluding hydrogens is 649 g/mol. The Hall–Kier alpha value is -3.34. The number of hydrogen-bond donors (Lipinski definition) is 0. The molecule has 0 N–H and O–H groups in total. The molecule has 0 radical (unpaired) electrons. The molecule has 4 heterocycles. The molecule has 0 aliphatic heterocycles. The Balaban J connectivity index is 1.02. The maximum Gasteiger partial charge on any atom is 0.145 e. The molecule has 0 fully saturated rings. The first-order valence-corrected chi connectivity index (χ1v) is 21.4. The zero-order valence-corrected chi connectivity index (χ0v) is 31.9. The van der Waals surface area contributed by atoms with Crippen molar-refractivity contribution in [1.82, 2.24) is 0 Å². The molecule has 0 aliphatic rings. The van der Waals surface area contributed by atoms with Gasteiger partial charge in [-0.05, 0) is 106 Å². The Morgan fingerprint density at radius 2 is 0.760 bits per heavy atom. The summed E-state index contributed by atoms with van der Waals surface area (Å²) in [4.78, 5) is 2.46. The third-order valence-electron chi connectivity index (χ3n) is 10.6. The van der Waals surface area contributed by atoms with Crippen LogP contribution in [0.1, 0.15) is 128 Å². The minimum absolute atomic E-state index is 0.956. The average molecular weight is 703 g/mol. The van der Waals surface area contributed by atoms with Gasteiger partial charge in [-0.2, -0.15) is 0 Å². The van der Waals surface area contributed by atoms with Gasteiger partial charge in [0.25, 0.3) is 0 Å². The Labute approximate surface area is 306 Å². The molecule has 0 aliphatic carbocycles. The van der Waals surface area contributed by atoms with Crippen molar-refractivity contribution in [3.63, 3.8) is 0 Å². The number of rotatable bonds is 20. The lowest BCUT2D eigenvalue weighted by Crippen LogP contribution is -1.84. The van der Waals surface area contributed by atoms with Crippen molar-refractivity contribution >= 4 is 66.2 Å². The Kier molecular flexibility index (Phi) is 12.1. The smallest absolute Gasteiger partial charge is 0.145 e. The summed E-state index contributed by atoms with van der Waals surface area (Å²) in [5, 5.41) is 12.0. The molecule has 0 saturated heterocycles. The monoisotopic (exact) mass is 702 g/mol. The number of furan rings is 2. The predicted molar refractivity (Wildman–Crippen MR) is 220 cm³/mol. The lowest BCUT2D eigenvalue weighted by Gasteiger charge is -2.05. The third kappa shape index (κ3) is 8.24. The molecule has 0 unspecified atom stereocenters. The topological polar surface area (TPSA) is 26.3 Å². The maximum atomic E-state index is 6.45. The molecule has 4 aromatic heterocycles. The first-order valence-electron chi connectivity index (χ1n) is 19.7. The number of thiophene rings is 2. The molecule has 3 aromatic carbocycles. The van der Waals surface area contributed by atoms with E-state index >= 15 is 0 Å². The van der Waals surface area contributed by atoms with Crippen LogP contribution in [0.15, 0.2) is 80.3 Å². The first kappa shape index (κ1) is 35.1. The van der Waals surface area contributed by atoms with Gasteiger partial charge in [-0.3, -0.25) is 0 Å². The van der Waals surface area contributed by atoms with Crippen molar-refractivity contribution in [2.24, 2.45) is 0 Å². The van der Waals surface area contributed by atoms with Gasteiger partial charge in [-0.15, -0.1) is 22.7 Å². The number of unbranched alkanes of at least 4 members (excludes halogenated alkanes) is 14. The summed E-state index contributed by atoms with van der Waals surface area (Å²) in [7, 11) is 0. The first-order chi connectivity index (χ1) is 24.7. The summed E-state index contributed by atoms with van der Waals surface area (Å²) in [6, 6.07) is 22.5. The number of fused-ring (bicyclic) bond motifs is 7. The van der Waals surface area contributed by atoms with Crippen molar-refractivity contribution in [2.45, 2.75) is 129 Å². The van der Waals surface area contributed by atoms with Crippen molar-refractivity contribution in [3.8, 4) is 21.3 Å². The fraction of sp³-hybridized carbons (Fsp3) is 0.435. The van der Waals surface area contributed by atoms with Crippen LogP contribution in [0.5, 0.6) is 0 Å². The molecular formula is C46H54O2S2. The number of aryl methyl sites for hydroxylation is 2. The molecule has 0 atom stereocenters. The molecule has 0 saturated carbocycles. The van der Waals surface area contributed by atoms with E-state index in [0.29, 0.717) is 0 Å². The van der Waals surface area contributed by atoms with E-state index in [4.69, 9.17) is 8.83 Å². The van der Waals surface area contributed by atoms with Crippen LogP contribution in [0, 0.1) is 0 Å². The van der Waals surface area contributed by atoms with Crippen LogP contribution in [-0.2, 0) is 12.8 Å². The second-order valence-corrected chi connectivity index (χ2v) is 16.3. The highest BCUT2D eigenvalue weighted by atomic mass is 32.1. The molecule has 7 aromatic rings. The van der Waals surface area contributed by atoms with Crippen LogP contribution in [0.2, 0.25) is 0 Å². The standard InChI is InChI=1S/C46H54O2S2/c1-3-5-7-9-11-13-15-17-19-33-27-45(49-31-33)43-29-39-37-21-22-38-36(35(37)23-25-41(39)47-43)24-26-42-40(38)30-44(48-42)46-28-34(32-50-46)20-18-16-14-12-10-8-6-4-2/h21-32H,3-20H2,1-2H3.